The molecule has 1 aliphatic heterocycles. The molecule has 0 saturated carbocycles. The summed E-state index contributed by atoms with van der Waals surface area (Å²) in [6.45, 7) is 15.5. The van der Waals surface area contributed by atoms with Gasteiger partial charge in [0.05, 0.1) is 28.4 Å². The van der Waals surface area contributed by atoms with Crippen molar-refractivity contribution < 1.29 is 8.42 Å². The summed E-state index contributed by atoms with van der Waals surface area (Å²) in [7, 11) is -0.600. The fourth-order valence-corrected chi connectivity index (χ4v) is 5.40. The summed E-state index contributed by atoms with van der Waals surface area (Å²) >= 11 is 0. The number of nitrogens with one attached hydrogen (secondary N) is 2. The molecule has 4 rings (SSSR count). The van der Waals surface area contributed by atoms with Gasteiger partial charge in [0.25, 0.3) is 5.56 Å². The molecule has 3 heterocycles. The number of sulfonamides is 1. The van der Waals surface area contributed by atoms with E-state index in [0.29, 0.717) is 35.2 Å². The molecule has 212 valence electrons. The Labute approximate surface area is 232 Å². The van der Waals surface area contributed by atoms with Gasteiger partial charge >= 0.3 is 0 Å². The van der Waals surface area contributed by atoms with Gasteiger partial charge in [-0.05, 0) is 50.1 Å². The Morgan fingerprint density at radius 3 is 2.26 bits per heavy atom. The molecule has 0 unspecified atom stereocenters. The fraction of sp³-hybridized carbons (Fsp3) is 0.464. The van der Waals surface area contributed by atoms with Gasteiger partial charge in [-0.25, -0.2) is 12.7 Å². The third-order valence-electron chi connectivity index (χ3n) is 6.59. The van der Waals surface area contributed by atoms with Gasteiger partial charge in [-0.1, -0.05) is 34.3 Å². The van der Waals surface area contributed by atoms with Crippen LogP contribution in [0.4, 0.5) is 11.5 Å². The van der Waals surface area contributed by atoms with Gasteiger partial charge in [0, 0.05) is 44.8 Å². The van der Waals surface area contributed by atoms with Gasteiger partial charge in [0.15, 0.2) is 5.82 Å². The first-order valence-corrected chi connectivity index (χ1v) is 14.7. The lowest BCUT2D eigenvalue weighted by Gasteiger charge is -2.42. The summed E-state index contributed by atoms with van der Waals surface area (Å²) in [5, 5.41) is 18.0. The number of anilines is 2. The molecular weight excluding hydrogens is 514 g/mol. The van der Waals surface area contributed by atoms with E-state index < -0.39 is 15.6 Å². The third-order valence-corrected chi connectivity index (χ3v) is 8.42. The summed E-state index contributed by atoms with van der Waals surface area (Å²) in [6.07, 6.45) is 3.22. The predicted molar refractivity (Wildman–Crippen MR) is 157 cm³/mol. The van der Waals surface area contributed by atoms with Crippen LogP contribution >= 0.6 is 0 Å². The molecule has 11 heteroatoms. The highest BCUT2D eigenvalue weighted by Gasteiger charge is 2.39. The zero-order valence-electron chi connectivity index (χ0n) is 24.1. The van der Waals surface area contributed by atoms with Crippen LogP contribution in [0.1, 0.15) is 53.9 Å². The van der Waals surface area contributed by atoms with E-state index in [1.165, 1.54) is 26.2 Å². The van der Waals surface area contributed by atoms with Crippen molar-refractivity contribution in [1.29, 1.82) is 5.26 Å². The van der Waals surface area contributed by atoms with E-state index in [4.69, 9.17) is 5.10 Å². The van der Waals surface area contributed by atoms with E-state index >= 15 is 0 Å². The van der Waals surface area contributed by atoms with Crippen LogP contribution in [0.25, 0.3) is 10.9 Å². The minimum atomic E-state index is -3.55. The molecule has 0 aliphatic carbocycles. The Morgan fingerprint density at radius 2 is 1.74 bits per heavy atom. The van der Waals surface area contributed by atoms with E-state index in [9.17, 15) is 18.5 Å². The van der Waals surface area contributed by atoms with Crippen molar-refractivity contribution in [3.05, 3.63) is 59.2 Å². The van der Waals surface area contributed by atoms with Gasteiger partial charge in [-0.15, -0.1) is 0 Å². The summed E-state index contributed by atoms with van der Waals surface area (Å²) in [6, 6.07) is 10.4. The molecule has 0 spiro atoms. The van der Waals surface area contributed by atoms with Gasteiger partial charge in [-0.2, -0.15) is 10.4 Å². The van der Waals surface area contributed by atoms with Crippen molar-refractivity contribution in [3.8, 4) is 6.07 Å². The van der Waals surface area contributed by atoms with Crippen molar-refractivity contribution in [2.24, 2.45) is 0 Å². The van der Waals surface area contributed by atoms with Crippen LogP contribution in [0.5, 0.6) is 0 Å². The van der Waals surface area contributed by atoms with Gasteiger partial charge in [-0.3, -0.25) is 9.48 Å². The molecule has 39 heavy (non-hydrogen) atoms. The zero-order chi connectivity index (χ0) is 29.4. The van der Waals surface area contributed by atoms with Crippen molar-refractivity contribution >= 4 is 32.4 Å². The molecule has 0 radical (unpaired) electrons. The third kappa shape index (κ3) is 6.52. The van der Waals surface area contributed by atoms with E-state index in [0.717, 1.165) is 23.1 Å². The Balaban J connectivity index is 0.00000127. The molecule has 10 nitrogen and oxygen atoms in total. The maximum absolute atomic E-state index is 12.8. The molecular formula is C28H41N7O3S. The quantitative estimate of drug-likeness (QED) is 0.419. The van der Waals surface area contributed by atoms with E-state index in [-0.39, 0.29) is 16.9 Å². The van der Waals surface area contributed by atoms with Crippen molar-refractivity contribution in [1.82, 2.24) is 24.0 Å². The number of rotatable bonds is 7. The first kappa shape index (κ1) is 31.6. The summed E-state index contributed by atoms with van der Waals surface area (Å²) in [5.74, 6) is 0.352. The number of likely N-dealkylation sites (tertiary alicyclic amines) is 1. The lowest BCUT2D eigenvalue weighted by Crippen LogP contribution is -2.45. The number of nitriles is 1. The molecule has 0 bridgehead atoms. The summed E-state index contributed by atoms with van der Waals surface area (Å²) < 4.78 is 27.7. The van der Waals surface area contributed by atoms with Crippen molar-refractivity contribution in [3.63, 3.8) is 0 Å². The molecule has 1 fully saturated rings. The van der Waals surface area contributed by atoms with Crippen LogP contribution in [0, 0.1) is 11.3 Å². The molecule has 0 amide bonds. The van der Waals surface area contributed by atoms with Crippen LogP contribution in [0.15, 0.2) is 58.5 Å². The lowest BCUT2D eigenvalue weighted by atomic mass is 9.84. The average Bonchev–Trinajstić information content (AvgIpc) is 3.31. The minimum absolute atomic E-state index is 0.165. The Morgan fingerprint density at radius 1 is 1.15 bits per heavy atom. The first-order chi connectivity index (χ1) is 18.6. The number of aromatic amines is 1. The van der Waals surface area contributed by atoms with Crippen LogP contribution in [0.3, 0.4) is 0 Å². The van der Waals surface area contributed by atoms with Crippen LogP contribution in [-0.2, 0) is 15.6 Å². The van der Waals surface area contributed by atoms with Gasteiger partial charge in [0.2, 0.25) is 10.0 Å². The highest BCUT2D eigenvalue weighted by Crippen LogP contribution is 2.38. The number of fused-ring (bicyclic) bond motifs is 1. The average molecular weight is 556 g/mol. The zero-order valence-corrected chi connectivity index (χ0v) is 24.9. The summed E-state index contributed by atoms with van der Waals surface area (Å²) in [4.78, 5) is 17.9. The Hall–Kier alpha value is -3.62. The topological polar surface area (TPSA) is 127 Å². The molecule has 0 atom stereocenters. The lowest BCUT2D eigenvalue weighted by molar-refractivity contribution is 0.129. The highest BCUT2D eigenvalue weighted by molar-refractivity contribution is 7.89. The van der Waals surface area contributed by atoms with E-state index in [2.05, 4.69) is 27.8 Å². The Kier molecular flexibility index (Phi) is 10.9. The maximum Gasteiger partial charge on any atom is 0.261 e. The monoisotopic (exact) mass is 555 g/mol. The second-order valence-corrected chi connectivity index (χ2v) is 11.2. The SMILES string of the molecule is C=C(C)N1CCC(CC#N)(n2nc(Nc3ccc(S(=O)(=O)N(C)C)cc3)c3c(=O)[nH]ccc32)CC1.CC.CC. The number of H-pyrrole nitrogens is 1. The first-order valence-electron chi connectivity index (χ1n) is 13.3. The second kappa shape index (κ2) is 13.4. The number of hydrogen-bond acceptors (Lipinski definition) is 7. The largest absolute Gasteiger partial charge is 0.375 e. The molecule has 2 aromatic heterocycles. The standard InChI is InChI=1S/C24H29N7O3S.2C2H6/c1-17(2)30-15-11-24(10-13-25,12-16-30)31-20-9-14-26-23(32)21(20)22(28-31)27-18-5-7-19(8-6-18)35(33,34)29(3)4;2*1-2/h5-9,14H,1,10-12,15-16H2,2-4H3,(H,26,32)(H,27,28);2*1-2H3. The smallest absolute Gasteiger partial charge is 0.261 e. The molecule has 1 aromatic carbocycles. The molecule has 2 N–H and O–H groups in total. The van der Waals surface area contributed by atoms with E-state index in [1.807, 2.05) is 39.3 Å². The van der Waals surface area contributed by atoms with Crippen molar-refractivity contribution in [2.75, 3.05) is 32.5 Å². The highest BCUT2D eigenvalue weighted by atomic mass is 32.2. The van der Waals surface area contributed by atoms with Crippen LogP contribution in [-0.4, -0.2) is 59.6 Å². The Bertz CT molecular complexity index is 1460. The maximum atomic E-state index is 12.8. The van der Waals surface area contributed by atoms with Crippen molar-refractivity contribution in [2.45, 2.75) is 64.3 Å². The normalized spacial score (nSPS) is 14.5. The van der Waals surface area contributed by atoms with Gasteiger partial charge in [0.1, 0.15) is 5.39 Å². The number of hydrogen-bond donors (Lipinski definition) is 2. The number of piperidine rings is 1. The predicted octanol–water partition coefficient (Wildman–Crippen LogP) is 5.01. The number of allylic oxidation sites excluding steroid dienone is 1. The molecule has 3 aromatic rings. The molecule has 1 aliphatic rings. The summed E-state index contributed by atoms with van der Waals surface area (Å²) in [5.41, 5.74) is 1.36. The fourth-order valence-electron chi connectivity index (χ4n) is 4.50. The number of benzene rings is 1. The van der Waals surface area contributed by atoms with Gasteiger partial charge < -0.3 is 15.2 Å². The molecule has 1 saturated heterocycles. The number of nitrogens with zero attached hydrogens (tertiary/aromatic N) is 5. The van der Waals surface area contributed by atoms with Crippen LogP contribution in [0.2, 0.25) is 0 Å². The van der Waals surface area contributed by atoms with Crippen LogP contribution < -0.4 is 10.9 Å². The van der Waals surface area contributed by atoms with E-state index in [1.54, 1.807) is 24.4 Å². The number of pyridine rings is 1. The second-order valence-electron chi connectivity index (χ2n) is 9.05. The number of aromatic nitrogens is 3. The minimum Gasteiger partial charge on any atom is -0.375 e.